The van der Waals surface area contributed by atoms with Crippen LogP contribution < -0.4 is 5.32 Å². The summed E-state index contributed by atoms with van der Waals surface area (Å²) in [5, 5.41) is 20.4. The van der Waals surface area contributed by atoms with E-state index in [1.54, 1.807) is 13.0 Å². The van der Waals surface area contributed by atoms with E-state index in [4.69, 9.17) is 10.4 Å². The number of aliphatic hydroxyl groups is 1. The van der Waals surface area contributed by atoms with E-state index in [0.29, 0.717) is 6.42 Å². The summed E-state index contributed by atoms with van der Waals surface area (Å²) in [7, 11) is 0. The summed E-state index contributed by atoms with van der Waals surface area (Å²) < 4.78 is 37.4. The second-order valence-electron chi connectivity index (χ2n) is 3.63. The molecule has 0 amide bonds. The Bertz CT molecular complexity index is 450. The quantitative estimate of drug-likeness (QED) is 0.869. The van der Waals surface area contributed by atoms with E-state index in [2.05, 4.69) is 10.3 Å². The van der Waals surface area contributed by atoms with Gasteiger partial charge in [0.1, 0.15) is 17.6 Å². The molecule has 0 aliphatic rings. The maximum Gasteiger partial charge on any atom is 0.433 e. The summed E-state index contributed by atoms with van der Waals surface area (Å²) in [6.07, 6.45) is -4.06. The molecule has 18 heavy (non-hydrogen) atoms. The molecule has 0 aromatic carbocycles. The average molecular weight is 259 g/mol. The molecule has 0 spiro atoms. The Balaban J connectivity index is 3.11. The number of aliphatic hydroxyl groups excluding tert-OH is 1. The zero-order valence-electron chi connectivity index (χ0n) is 9.62. The van der Waals surface area contributed by atoms with Crippen molar-refractivity contribution in [3.8, 4) is 6.07 Å². The first-order chi connectivity index (χ1) is 8.42. The van der Waals surface area contributed by atoms with E-state index in [1.165, 1.54) is 0 Å². The molecule has 4 nitrogen and oxygen atoms in total. The summed E-state index contributed by atoms with van der Waals surface area (Å²) in [6, 6.07) is 3.13. The van der Waals surface area contributed by atoms with Crippen molar-refractivity contribution in [2.45, 2.75) is 25.6 Å². The van der Waals surface area contributed by atoms with Crippen LogP contribution in [0.4, 0.5) is 19.0 Å². The second kappa shape index (κ2) is 5.69. The Morgan fingerprint density at radius 3 is 2.61 bits per heavy atom. The van der Waals surface area contributed by atoms with Gasteiger partial charge in [-0.3, -0.25) is 0 Å². The van der Waals surface area contributed by atoms with Gasteiger partial charge < -0.3 is 10.4 Å². The molecule has 0 radical (unpaired) electrons. The van der Waals surface area contributed by atoms with Crippen LogP contribution in [0.2, 0.25) is 0 Å². The van der Waals surface area contributed by atoms with Crippen LogP contribution >= 0.6 is 0 Å². The Hall–Kier alpha value is -1.81. The average Bonchev–Trinajstić information content (AvgIpc) is 2.34. The number of nitrogens with one attached hydrogen (secondary N) is 1. The van der Waals surface area contributed by atoms with Crippen molar-refractivity contribution in [1.29, 1.82) is 5.26 Å². The van der Waals surface area contributed by atoms with Crippen LogP contribution in [-0.4, -0.2) is 22.7 Å². The first-order valence-electron chi connectivity index (χ1n) is 5.28. The Kier molecular flexibility index (Phi) is 4.50. The number of nitrogens with zero attached hydrogens (tertiary/aromatic N) is 2. The second-order valence-corrected chi connectivity index (χ2v) is 3.63. The predicted octanol–water partition coefficient (Wildman–Crippen LogP) is 2.15. The summed E-state index contributed by atoms with van der Waals surface area (Å²) in [5.74, 6) is -0.159. The van der Waals surface area contributed by atoms with Gasteiger partial charge in [0.15, 0.2) is 0 Å². The molecule has 0 saturated heterocycles. The van der Waals surface area contributed by atoms with Gasteiger partial charge in [-0.05, 0) is 18.6 Å². The van der Waals surface area contributed by atoms with Crippen molar-refractivity contribution in [2.24, 2.45) is 0 Å². The van der Waals surface area contributed by atoms with E-state index in [9.17, 15) is 13.2 Å². The molecule has 0 saturated carbocycles. The molecular formula is C11H12F3N3O. The predicted molar refractivity (Wildman–Crippen MR) is 58.7 cm³/mol. The normalized spacial score (nSPS) is 12.9. The van der Waals surface area contributed by atoms with Crippen molar-refractivity contribution < 1.29 is 18.3 Å². The topological polar surface area (TPSA) is 68.9 Å². The third-order valence-corrected chi connectivity index (χ3v) is 2.36. The molecule has 1 heterocycles. The van der Waals surface area contributed by atoms with E-state index in [1.807, 2.05) is 0 Å². The molecule has 1 atom stereocenters. The lowest BCUT2D eigenvalue weighted by Gasteiger charge is -2.16. The van der Waals surface area contributed by atoms with Crippen LogP contribution in [0, 0.1) is 11.3 Å². The fourth-order valence-electron chi connectivity index (χ4n) is 1.29. The Labute approximate surface area is 102 Å². The van der Waals surface area contributed by atoms with Gasteiger partial charge in [0, 0.05) is 0 Å². The van der Waals surface area contributed by atoms with Gasteiger partial charge in [0.2, 0.25) is 0 Å². The van der Waals surface area contributed by atoms with Crippen LogP contribution in [0.15, 0.2) is 12.1 Å². The summed E-state index contributed by atoms with van der Waals surface area (Å²) in [6.45, 7) is 1.51. The lowest BCUT2D eigenvalue weighted by atomic mass is 10.2. The highest BCUT2D eigenvalue weighted by Gasteiger charge is 2.33. The highest BCUT2D eigenvalue weighted by Crippen LogP contribution is 2.29. The molecule has 0 aliphatic carbocycles. The maximum absolute atomic E-state index is 12.5. The monoisotopic (exact) mass is 259 g/mol. The van der Waals surface area contributed by atoms with Gasteiger partial charge in [0.25, 0.3) is 0 Å². The van der Waals surface area contributed by atoms with Gasteiger partial charge in [-0.2, -0.15) is 18.4 Å². The third-order valence-electron chi connectivity index (χ3n) is 2.36. The van der Waals surface area contributed by atoms with Crippen molar-refractivity contribution in [3.05, 3.63) is 23.4 Å². The van der Waals surface area contributed by atoms with Gasteiger partial charge in [-0.1, -0.05) is 6.92 Å². The molecule has 0 bridgehead atoms. The van der Waals surface area contributed by atoms with E-state index < -0.39 is 17.9 Å². The van der Waals surface area contributed by atoms with Crippen LogP contribution in [0.25, 0.3) is 0 Å². The number of halogens is 3. The number of anilines is 1. The molecule has 7 heteroatoms. The van der Waals surface area contributed by atoms with Crippen LogP contribution in [-0.2, 0) is 6.18 Å². The minimum atomic E-state index is -4.56. The van der Waals surface area contributed by atoms with E-state index >= 15 is 0 Å². The molecule has 1 aromatic heterocycles. The Morgan fingerprint density at radius 2 is 2.17 bits per heavy atom. The van der Waals surface area contributed by atoms with Crippen LogP contribution in [0.1, 0.15) is 24.6 Å². The zero-order chi connectivity index (χ0) is 13.8. The number of pyridine rings is 1. The molecule has 2 N–H and O–H groups in total. The van der Waals surface area contributed by atoms with Crippen molar-refractivity contribution >= 4 is 5.82 Å². The fraction of sp³-hybridized carbons (Fsp3) is 0.455. The largest absolute Gasteiger partial charge is 0.433 e. The molecule has 0 fully saturated rings. The SMILES string of the molecule is CC[C@H](CO)Nc1nc(C(F)(F)F)ccc1C#N. The highest BCUT2D eigenvalue weighted by molar-refractivity contribution is 5.53. The number of rotatable bonds is 4. The number of hydrogen-bond donors (Lipinski definition) is 2. The van der Waals surface area contributed by atoms with E-state index in [-0.39, 0.29) is 18.0 Å². The van der Waals surface area contributed by atoms with E-state index in [0.717, 1.165) is 12.1 Å². The lowest BCUT2D eigenvalue weighted by Crippen LogP contribution is -2.24. The van der Waals surface area contributed by atoms with Crippen molar-refractivity contribution in [3.63, 3.8) is 0 Å². The molecular weight excluding hydrogens is 247 g/mol. The van der Waals surface area contributed by atoms with Gasteiger partial charge in [-0.15, -0.1) is 0 Å². The molecule has 98 valence electrons. The number of alkyl halides is 3. The minimum Gasteiger partial charge on any atom is -0.394 e. The summed E-state index contributed by atoms with van der Waals surface area (Å²) in [4.78, 5) is 3.38. The summed E-state index contributed by atoms with van der Waals surface area (Å²) in [5.41, 5.74) is -1.06. The van der Waals surface area contributed by atoms with Gasteiger partial charge in [-0.25, -0.2) is 4.98 Å². The van der Waals surface area contributed by atoms with Crippen LogP contribution in [0.3, 0.4) is 0 Å². The zero-order valence-corrected chi connectivity index (χ0v) is 9.62. The summed E-state index contributed by atoms with van der Waals surface area (Å²) >= 11 is 0. The smallest absolute Gasteiger partial charge is 0.394 e. The fourth-order valence-corrected chi connectivity index (χ4v) is 1.29. The third kappa shape index (κ3) is 3.34. The van der Waals surface area contributed by atoms with Crippen LogP contribution in [0.5, 0.6) is 0 Å². The van der Waals surface area contributed by atoms with Crippen molar-refractivity contribution in [2.75, 3.05) is 11.9 Å². The van der Waals surface area contributed by atoms with Gasteiger partial charge in [0.05, 0.1) is 18.2 Å². The first kappa shape index (κ1) is 14.3. The van der Waals surface area contributed by atoms with Gasteiger partial charge >= 0.3 is 6.18 Å². The molecule has 0 aliphatic heterocycles. The molecule has 1 rings (SSSR count). The van der Waals surface area contributed by atoms with Crippen molar-refractivity contribution in [1.82, 2.24) is 4.98 Å². The number of hydrogen-bond acceptors (Lipinski definition) is 4. The standard InChI is InChI=1S/C11H12F3N3O/c1-2-8(6-18)16-10-7(5-15)3-4-9(17-10)11(12,13)14/h3-4,8,18H,2,6H2,1H3,(H,16,17)/t8-/m1/s1. The Morgan fingerprint density at radius 1 is 1.50 bits per heavy atom. The molecule has 1 aromatic rings. The maximum atomic E-state index is 12.5. The minimum absolute atomic E-state index is 0.00917. The molecule has 0 unspecified atom stereocenters. The first-order valence-corrected chi connectivity index (χ1v) is 5.28. The number of nitriles is 1. The number of aromatic nitrogens is 1. The lowest BCUT2D eigenvalue weighted by molar-refractivity contribution is -0.141. The highest BCUT2D eigenvalue weighted by atomic mass is 19.4.